The Balaban J connectivity index is 2.30. The van der Waals surface area contributed by atoms with Gasteiger partial charge in [0.1, 0.15) is 0 Å². The monoisotopic (exact) mass is 239 g/mol. The second-order valence-electron chi connectivity index (χ2n) is 3.39. The van der Waals surface area contributed by atoms with E-state index in [1.165, 1.54) is 4.90 Å². The van der Waals surface area contributed by atoms with Gasteiger partial charge in [0.25, 0.3) is 0 Å². The van der Waals surface area contributed by atoms with Gasteiger partial charge in [0.15, 0.2) is 0 Å². The van der Waals surface area contributed by atoms with Gasteiger partial charge < -0.3 is 0 Å². The largest absolute Gasteiger partial charge is 0.328 e. The molecule has 3 amide bonds. The number of urea groups is 1. The number of halogens is 1. The molecule has 0 unspecified atom stereocenters. The number of hydrogen-bond acceptors (Lipinski definition) is 3. The number of carbonyl (C=O) groups is 2. The maximum atomic E-state index is 11.6. The molecule has 0 bridgehead atoms. The molecule has 5 nitrogen and oxygen atoms in total. The van der Waals surface area contributed by atoms with Crippen molar-refractivity contribution in [3.63, 3.8) is 0 Å². The van der Waals surface area contributed by atoms with Gasteiger partial charge in [0.2, 0.25) is 5.91 Å². The normalized spacial score (nSPS) is 16.2. The van der Waals surface area contributed by atoms with Crippen LogP contribution in [0.3, 0.4) is 0 Å². The number of hydrogen-bond donors (Lipinski definition) is 1. The van der Waals surface area contributed by atoms with Gasteiger partial charge in [0, 0.05) is 25.0 Å². The highest BCUT2D eigenvalue weighted by molar-refractivity contribution is 6.17. The predicted octanol–water partition coefficient (Wildman–Crippen LogP) is 1.27. The molecule has 0 aliphatic carbocycles. The first-order valence-electron chi connectivity index (χ1n) is 4.82. The van der Waals surface area contributed by atoms with Crippen molar-refractivity contribution in [2.75, 3.05) is 11.4 Å². The number of pyridine rings is 1. The third kappa shape index (κ3) is 1.99. The molecule has 1 aromatic heterocycles. The molecule has 6 heteroatoms. The minimum Gasteiger partial charge on any atom is -0.292 e. The number of nitrogens with one attached hydrogen (secondary N) is 1. The van der Waals surface area contributed by atoms with Gasteiger partial charge in [-0.2, -0.15) is 0 Å². The molecule has 0 aromatic carbocycles. The first-order chi connectivity index (χ1) is 7.72. The molecule has 0 atom stereocenters. The van der Waals surface area contributed by atoms with Crippen LogP contribution >= 0.6 is 11.6 Å². The lowest BCUT2D eigenvalue weighted by atomic mass is 10.2. The Hall–Kier alpha value is -1.62. The van der Waals surface area contributed by atoms with Crippen molar-refractivity contribution in [1.29, 1.82) is 0 Å². The van der Waals surface area contributed by atoms with Crippen molar-refractivity contribution in [3.05, 3.63) is 24.0 Å². The van der Waals surface area contributed by atoms with Crippen molar-refractivity contribution < 1.29 is 9.59 Å². The minimum absolute atomic E-state index is 0.252. The smallest absolute Gasteiger partial charge is 0.292 e. The highest BCUT2D eigenvalue weighted by Gasteiger charge is 2.25. The standard InChI is InChI=1S/C10H10ClN3O2/c11-5-7-1-3-12-6-8(7)14-4-2-9(15)13-10(14)16/h1,3,6H,2,4-5H2,(H,13,15,16). The van der Waals surface area contributed by atoms with E-state index in [2.05, 4.69) is 10.3 Å². The van der Waals surface area contributed by atoms with Crippen molar-refractivity contribution in [2.45, 2.75) is 12.3 Å². The fourth-order valence-electron chi connectivity index (χ4n) is 1.56. The number of rotatable bonds is 2. The molecule has 0 saturated carbocycles. The van der Waals surface area contributed by atoms with Gasteiger partial charge in [-0.05, 0) is 11.6 Å². The van der Waals surface area contributed by atoms with Crippen LogP contribution in [0.25, 0.3) is 0 Å². The molecule has 0 radical (unpaired) electrons. The summed E-state index contributed by atoms with van der Waals surface area (Å²) in [5, 5.41) is 2.26. The summed E-state index contributed by atoms with van der Waals surface area (Å²) in [5.74, 6) is 0.0489. The molecule has 2 rings (SSSR count). The van der Waals surface area contributed by atoms with Crippen LogP contribution in [-0.2, 0) is 10.7 Å². The number of anilines is 1. The molecule has 2 heterocycles. The fraction of sp³-hybridized carbons (Fsp3) is 0.300. The summed E-state index contributed by atoms with van der Waals surface area (Å²) in [5.41, 5.74) is 1.48. The molecule has 0 spiro atoms. The Morgan fingerprint density at radius 3 is 3.00 bits per heavy atom. The van der Waals surface area contributed by atoms with Crippen molar-refractivity contribution in [1.82, 2.24) is 10.3 Å². The molecule has 1 saturated heterocycles. The maximum Gasteiger partial charge on any atom is 0.328 e. The maximum absolute atomic E-state index is 11.6. The lowest BCUT2D eigenvalue weighted by Crippen LogP contribution is -2.49. The van der Waals surface area contributed by atoms with E-state index in [9.17, 15) is 9.59 Å². The van der Waals surface area contributed by atoms with Crippen LogP contribution in [0, 0.1) is 0 Å². The second-order valence-corrected chi connectivity index (χ2v) is 3.66. The van der Waals surface area contributed by atoms with E-state index in [0.717, 1.165) is 5.56 Å². The zero-order valence-electron chi connectivity index (χ0n) is 8.44. The van der Waals surface area contributed by atoms with Crippen LogP contribution in [-0.4, -0.2) is 23.5 Å². The van der Waals surface area contributed by atoms with Crippen LogP contribution in [0.1, 0.15) is 12.0 Å². The lowest BCUT2D eigenvalue weighted by Gasteiger charge is -2.27. The van der Waals surface area contributed by atoms with Gasteiger partial charge in [-0.25, -0.2) is 4.79 Å². The Morgan fingerprint density at radius 1 is 1.50 bits per heavy atom. The highest BCUT2D eigenvalue weighted by atomic mass is 35.5. The molecule has 84 valence electrons. The summed E-state index contributed by atoms with van der Waals surface area (Å²) in [6.45, 7) is 0.361. The van der Waals surface area contributed by atoms with E-state index in [1.54, 1.807) is 18.5 Å². The number of alkyl halides is 1. The van der Waals surface area contributed by atoms with E-state index >= 15 is 0 Å². The molecule has 1 aliphatic heterocycles. The minimum atomic E-state index is -0.421. The van der Waals surface area contributed by atoms with Crippen molar-refractivity contribution >= 4 is 29.2 Å². The summed E-state index contributed by atoms with van der Waals surface area (Å²) >= 11 is 5.77. The summed E-state index contributed by atoms with van der Waals surface area (Å²) in [7, 11) is 0. The van der Waals surface area contributed by atoms with E-state index in [1.807, 2.05) is 0 Å². The van der Waals surface area contributed by atoms with Crippen LogP contribution in [0.4, 0.5) is 10.5 Å². The van der Waals surface area contributed by atoms with Gasteiger partial charge in [0.05, 0.1) is 11.9 Å². The zero-order chi connectivity index (χ0) is 11.5. The molecule has 1 aromatic rings. The van der Waals surface area contributed by atoms with Gasteiger partial charge in [-0.3, -0.25) is 20.0 Å². The quantitative estimate of drug-likeness (QED) is 0.791. The summed E-state index contributed by atoms with van der Waals surface area (Å²) < 4.78 is 0. The van der Waals surface area contributed by atoms with Gasteiger partial charge in [-0.15, -0.1) is 11.6 Å². The van der Waals surface area contributed by atoms with E-state index in [-0.39, 0.29) is 5.91 Å². The zero-order valence-corrected chi connectivity index (χ0v) is 9.20. The van der Waals surface area contributed by atoms with E-state index in [0.29, 0.717) is 24.5 Å². The number of carbonyl (C=O) groups excluding carboxylic acids is 2. The summed E-state index contributed by atoms with van der Waals surface area (Å²) in [6.07, 6.45) is 3.49. The molecule has 1 N–H and O–H groups in total. The molecule has 1 aliphatic rings. The summed E-state index contributed by atoms with van der Waals surface area (Å²) in [6, 6.07) is 1.34. The second kappa shape index (κ2) is 4.49. The van der Waals surface area contributed by atoms with Crippen molar-refractivity contribution in [3.8, 4) is 0 Å². The number of amides is 3. The van der Waals surface area contributed by atoms with Crippen molar-refractivity contribution in [2.24, 2.45) is 0 Å². The predicted molar refractivity (Wildman–Crippen MR) is 59.3 cm³/mol. The fourth-order valence-corrected chi connectivity index (χ4v) is 1.79. The first-order valence-corrected chi connectivity index (χ1v) is 5.36. The summed E-state index contributed by atoms with van der Waals surface area (Å²) in [4.78, 5) is 28.0. The third-order valence-electron chi connectivity index (χ3n) is 2.38. The lowest BCUT2D eigenvalue weighted by molar-refractivity contribution is -0.120. The molecule has 1 fully saturated rings. The topological polar surface area (TPSA) is 62.3 Å². The molecular weight excluding hydrogens is 230 g/mol. The average Bonchev–Trinajstić information content (AvgIpc) is 2.29. The average molecular weight is 240 g/mol. The van der Waals surface area contributed by atoms with Crippen LogP contribution < -0.4 is 10.2 Å². The van der Waals surface area contributed by atoms with Crippen LogP contribution in [0.5, 0.6) is 0 Å². The Bertz CT molecular complexity index is 436. The van der Waals surface area contributed by atoms with E-state index in [4.69, 9.17) is 11.6 Å². The number of nitrogens with zero attached hydrogens (tertiary/aromatic N) is 2. The number of aromatic nitrogens is 1. The van der Waals surface area contributed by atoms with E-state index < -0.39 is 6.03 Å². The molecular formula is C10H10ClN3O2. The SMILES string of the molecule is O=C1CCN(c2cnccc2CCl)C(=O)N1. The first kappa shape index (κ1) is 10.9. The Kier molecular flexibility index (Phi) is 3.05. The highest BCUT2D eigenvalue weighted by Crippen LogP contribution is 2.22. The van der Waals surface area contributed by atoms with Crippen LogP contribution in [0.15, 0.2) is 18.5 Å². The van der Waals surface area contributed by atoms with Gasteiger partial charge >= 0.3 is 6.03 Å². The van der Waals surface area contributed by atoms with Crippen LogP contribution in [0.2, 0.25) is 0 Å². The number of imide groups is 1. The Labute approximate surface area is 97.4 Å². The Morgan fingerprint density at radius 2 is 2.31 bits per heavy atom. The van der Waals surface area contributed by atoms with Gasteiger partial charge in [-0.1, -0.05) is 0 Å². The third-order valence-corrected chi connectivity index (χ3v) is 2.66. The molecule has 16 heavy (non-hydrogen) atoms.